The number of oxazole rings is 1. The summed E-state index contributed by atoms with van der Waals surface area (Å²) in [6, 6.07) is 7.51. The normalized spacial score (nSPS) is 11.6. The molecule has 0 unspecified atom stereocenters. The summed E-state index contributed by atoms with van der Waals surface area (Å²) in [7, 11) is 2.04. The highest BCUT2D eigenvalue weighted by molar-refractivity contribution is 7.11. The Bertz CT molecular complexity index is 802. The monoisotopic (exact) mass is 303 g/mol. The number of hydrogen-bond acceptors (Lipinski definition) is 5. The molecule has 21 heavy (non-hydrogen) atoms. The van der Waals surface area contributed by atoms with Crippen LogP contribution in [-0.4, -0.2) is 28.0 Å². The van der Waals surface area contributed by atoms with Crippen LogP contribution in [0.3, 0.4) is 0 Å². The molecular formula is C15H17N3O2S. The molecule has 110 valence electrons. The molecule has 0 N–H and O–H groups in total. The number of likely N-dealkylation sites (N-methyl/N-ethyl adjacent to an activating group) is 1. The van der Waals surface area contributed by atoms with E-state index in [0.717, 1.165) is 23.6 Å². The SMILES string of the molecule is Cc1ncc(CN(C)CCn2c(=O)oc3ccccc32)s1. The largest absolute Gasteiger partial charge is 0.419 e. The zero-order chi connectivity index (χ0) is 14.8. The first kappa shape index (κ1) is 14.0. The second-order valence-corrected chi connectivity index (χ2v) is 6.39. The number of para-hydroxylation sites is 2. The van der Waals surface area contributed by atoms with E-state index in [1.807, 2.05) is 44.4 Å². The van der Waals surface area contributed by atoms with E-state index in [-0.39, 0.29) is 5.76 Å². The number of fused-ring (bicyclic) bond motifs is 1. The minimum absolute atomic E-state index is 0.293. The van der Waals surface area contributed by atoms with Crippen molar-refractivity contribution in [3.05, 3.63) is 50.9 Å². The molecule has 0 atom stereocenters. The first-order valence-electron chi connectivity index (χ1n) is 6.82. The zero-order valence-electron chi connectivity index (χ0n) is 12.1. The van der Waals surface area contributed by atoms with Gasteiger partial charge in [-0.3, -0.25) is 9.47 Å². The molecule has 5 nitrogen and oxygen atoms in total. The number of rotatable bonds is 5. The van der Waals surface area contributed by atoms with Crippen molar-refractivity contribution < 1.29 is 4.42 Å². The molecule has 0 bridgehead atoms. The molecule has 0 amide bonds. The molecule has 2 aromatic heterocycles. The van der Waals surface area contributed by atoms with Crippen molar-refractivity contribution in [1.82, 2.24) is 14.5 Å². The summed E-state index contributed by atoms with van der Waals surface area (Å²) in [5.41, 5.74) is 1.49. The highest BCUT2D eigenvalue weighted by Crippen LogP contribution is 2.14. The van der Waals surface area contributed by atoms with E-state index in [4.69, 9.17) is 4.42 Å². The van der Waals surface area contributed by atoms with Gasteiger partial charge in [-0.2, -0.15) is 0 Å². The quantitative estimate of drug-likeness (QED) is 0.726. The second kappa shape index (κ2) is 5.83. The standard InChI is InChI=1S/C15H17N3O2S/c1-11-16-9-12(21-11)10-17(2)7-8-18-13-5-3-4-6-14(13)20-15(18)19/h3-6,9H,7-8,10H2,1-2H3. The van der Waals surface area contributed by atoms with E-state index in [1.165, 1.54) is 4.88 Å². The van der Waals surface area contributed by atoms with Gasteiger partial charge in [-0.15, -0.1) is 11.3 Å². The molecule has 0 aliphatic rings. The number of aromatic nitrogens is 2. The van der Waals surface area contributed by atoms with Crippen molar-refractivity contribution in [2.24, 2.45) is 0 Å². The third-order valence-corrected chi connectivity index (χ3v) is 4.27. The Morgan fingerprint density at radius 2 is 2.19 bits per heavy atom. The van der Waals surface area contributed by atoms with Crippen LogP contribution in [0.25, 0.3) is 11.1 Å². The number of hydrogen-bond donors (Lipinski definition) is 0. The molecule has 3 rings (SSSR count). The third kappa shape index (κ3) is 3.06. The first-order chi connectivity index (χ1) is 10.1. The van der Waals surface area contributed by atoms with Gasteiger partial charge in [0.05, 0.1) is 10.5 Å². The van der Waals surface area contributed by atoms with Crippen LogP contribution in [0.5, 0.6) is 0 Å². The maximum Gasteiger partial charge on any atom is 0.419 e. The number of benzene rings is 1. The van der Waals surface area contributed by atoms with E-state index >= 15 is 0 Å². The smallest absolute Gasteiger partial charge is 0.408 e. The van der Waals surface area contributed by atoms with Crippen molar-refractivity contribution >= 4 is 22.4 Å². The summed E-state index contributed by atoms with van der Waals surface area (Å²) in [5, 5.41) is 1.08. The summed E-state index contributed by atoms with van der Waals surface area (Å²) < 4.78 is 6.92. The highest BCUT2D eigenvalue weighted by atomic mass is 32.1. The molecule has 3 aromatic rings. The Morgan fingerprint density at radius 3 is 2.95 bits per heavy atom. The molecule has 0 fully saturated rings. The van der Waals surface area contributed by atoms with Crippen LogP contribution in [0.1, 0.15) is 9.88 Å². The Labute approximate surface area is 126 Å². The fourth-order valence-electron chi connectivity index (χ4n) is 2.32. The van der Waals surface area contributed by atoms with Crippen LogP contribution in [0, 0.1) is 6.92 Å². The number of thiazole rings is 1. The van der Waals surface area contributed by atoms with Gasteiger partial charge in [-0.25, -0.2) is 9.78 Å². The topological polar surface area (TPSA) is 51.3 Å². The van der Waals surface area contributed by atoms with Crippen LogP contribution in [0.4, 0.5) is 0 Å². The molecule has 1 aromatic carbocycles. The Hall–Kier alpha value is -1.92. The zero-order valence-corrected chi connectivity index (χ0v) is 12.9. The predicted molar refractivity (Wildman–Crippen MR) is 83.7 cm³/mol. The second-order valence-electron chi connectivity index (χ2n) is 5.07. The molecule has 0 aliphatic carbocycles. The maximum atomic E-state index is 11.9. The minimum Gasteiger partial charge on any atom is -0.408 e. The minimum atomic E-state index is -0.293. The lowest BCUT2D eigenvalue weighted by Crippen LogP contribution is -2.26. The summed E-state index contributed by atoms with van der Waals surface area (Å²) in [6.45, 7) is 4.24. The molecule has 0 radical (unpaired) electrons. The summed E-state index contributed by atoms with van der Waals surface area (Å²) >= 11 is 1.71. The van der Waals surface area contributed by atoms with Crippen molar-refractivity contribution in [2.75, 3.05) is 13.6 Å². The average Bonchev–Trinajstić information content (AvgIpc) is 2.99. The maximum absolute atomic E-state index is 11.9. The fourth-order valence-corrected chi connectivity index (χ4v) is 3.20. The molecule has 0 spiro atoms. The Kier molecular flexibility index (Phi) is 3.90. The lowest BCUT2D eigenvalue weighted by molar-refractivity contribution is 0.310. The van der Waals surface area contributed by atoms with E-state index in [0.29, 0.717) is 12.1 Å². The van der Waals surface area contributed by atoms with E-state index in [9.17, 15) is 4.79 Å². The van der Waals surface area contributed by atoms with Gasteiger partial charge in [0.15, 0.2) is 5.58 Å². The number of nitrogens with zero attached hydrogens (tertiary/aromatic N) is 3. The van der Waals surface area contributed by atoms with Crippen LogP contribution in [0.2, 0.25) is 0 Å². The third-order valence-electron chi connectivity index (χ3n) is 3.37. The summed E-state index contributed by atoms with van der Waals surface area (Å²) in [4.78, 5) is 19.6. The summed E-state index contributed by atoms with van der Waals surface area (Å²) in [6.07, 6.45) is 1.91. The molecular weight excluding hydrogens is 286 g/mol. The lowest BCUT2D eigenvalue weighted by atomic mass is 10.3. The molecule has 0 saturated heterocycles. The van der Waals surface area contributed by atoms with Gasteiger partial charge < -0.3 is 4.42 Å². The van der Waals surface area contributed by atoms with Crippen LogP contribution in [-0.2, 0) is 13.1 Å². The van der Waals surface area contributed by atoms with Crippen LogP contribution < -0.4 is 5.76 Å². The van der Waals surface area contributed by atoms with Gasteiger partial charge in [0.2, 0.25) is 0 Å². The lowest BCUT2D eigenvalue weighted by Gasteiger charge is -2.15. The van der Waals surface area contributed by atoms with Crippen LogP contribution >= 0.6 is 11.3 Å². The molecule has 0 aliphatic heterocycles. The molecule has 2 heterocycles. The van der Waals surface area contributed by atoms with Gasteiger partial charge >= 0.3 is 5.76 Å². The van der Waals surface area contributed by atoms with E-state index < -0.39 is 0 Å². The molecule has 6 heteroatoms. The van der Waals surface area contributed by atoms with Crippen molar-refractivity contribution in [2.45, 2.75) is 20.0 Å². The highest BCUT2D eigenvalue weighted by Gasteiger charge is 2.09. The van der Waals surface area contributed by atoms with Gasteiger partial charge in [-0.1, -0.05) is 12.1 Å². The van der Waals surface area contributed by atoms with Gasteiger partial charge in [0, 0.05) is 30.7 Å². The average molecular weight is 303 g/mol. The molecule has 0 saturated carbocycles. The van der Waals surface area contributed by atoms with Crippen molar-refractivity contribution in [1.29, 1.82) is 0 Å². The fraction of sp³-hybridized carbons (Fsp3) is 0.333. The number of aryl methyl sites for hydroxylation is 1. The first-order valence-corrected chi connectivity index (χ1v) is 7.63. The van der Waals surface area contributed by atoms with Gasteiger partial charge in [0.25, 0.3) is 0 Å². The van der Waals surface area contributed by atoms with E-state index in [2.05, 4.69) is 9.88 Å². The Balaban J connectivity index is 1.68. The van der Waals surface area contributed by atoms with Gasteiger partial charge in [0.1, 0.15) is 0 Å². The summed E-state index contributed by atoms with van der Waals surface area (Å²) in [5.74, 6) is -0.293. The van der Waals surface area contributed by atoms with E-state index in [1.54, 1.807) is 15.9 Å². The predicted octanol–water partition coefficient (Wildman–Crippen LogP) is 2.49. The van der Waals surface area contributed by atoms with Crippen molar-refractivity contribution in [3.63, 3.8) is 0 Å². The van der Waals surface area contributed by atoms with Gasteiger partial charge in [-0.05, 0) is 26.1 Å². The van der Waals surface area contributed by atoms with Crippen molar-refractivity contribution in [3.8, 4) is 0 Å². The van der Waals surface area contributed by atoms with Crippen LogP contribution in [0.15, 0.2) is 39.7 Å². The Morgan fingerprint density at radius 1 is 1.38 bits per heavy atom.